The Kier molecular flexibility index (Phi) is 6.32. The number of carbonyl (C=O) groups is 2. The van der Waals surface area contributed by atoms with Crippen molar-refractivity contribution in [1.29, 1.82) is 0 Å². The van der Waals surface area contributed by atoms with Crippen LogP contribution >= 0.6 is 0 Å². The number of hydrogen-bond donors (Lipinski definition) is 2. The largest absolute Gasteiger partial charge is 0.481 e. The van der Waals surface area contributed by atoms with Gasteiger partial charge in [-0.05, 0) is 18.1 Å². The number of nitrogens with one attached hydrogen (secondary N) is 1. The molecule has 0 fully saturated rings. The molecule has 0 aliphatic heterocycles. The van der Waals surface area contributed by atoms with Crippen LogP contribution in [0.1, 0.15) is 28.8 Å². The molecule has 1 rings (SSSR count). The van der Waals surface area contributed by atoms with E-state index in [2.05, 4.69) is 9.46 Å². The molecular weight excluding hydrogens is 298 g/mol. The fraction of sp³-hybridized carbons (Fsp3) is 0.385. The standard InChI is InChI=1S/C13H17NO6S/c1-20-13(17)11-6-3-2-5-10(11)9-21(18,19)14-8-4-7-12(15)16/h2-3,5-6,14H,4,7-9H2,1H3,(H,15,16). The second-order valence-electron chi connectivity index (χ2n) is 4.30. The van der Waals surface area contributed by atoms with Crippen LogP contribution < -0.4 is 4.72 Å². The first-order valence-corrected chi connectivity index (χ1v) is 7.86. The van der Waals surface area contributed by atoms with E-state index in [-0.39, 0.29) is 30.7 Å². The number of benzene rings is 1. The van der Waals surface area contributed by atoms with E-state index in [0.29, 0.717) is 5.56 Å². The van der Waals surface area contributed by atoms with E-state index in [9.17, 15) is 18.0 Å². The number of hydrogen-bond acceptors (Lipinski definition) is 5. The number of sulfonamides is 1. The lowest BCUT2D eigenvalue weighted by atomic mass is 10.1. The molecule has 1 aromatic carbocycles. The zero-order valence-electron chi connectivity index (χ0n) is 11.5. The number of carbonyl (C=O) groups excluding carboxylic acids is 1. The van der Waals surface area contributed by atoms with E-state index in [1.54, 1.807) is 12.1 Å². The van der Waals surface area contributed by atoms with Crippen molar-refractivity contribution in [2.24, 2.45) is 0 Å². The van der Waals surface area contributed by atoms with Gasteiger partial charge in [0.05, 0.1) is 18.4 Å². The zero-order chi connectivity index (χ0) is 15.9. The average Bonchev–Trinajstić information content (AvgIpc) is 2.43. The third kappa shape index (κ3) is 5.92. The van der Waals surface area contributed by atoms with E-state index in [1.165, 1.54) is 19.2 Å². The first kappa shape index (κ1) is 17.1. The molecule has 8 heteroatoms. The van der Waals surface area contributed by atoms with Crippen LogP contribution in [0.15, 0.2) is 24.3 Å². The van der Waals surface area contributed by atoms with E-state index < -0.39 is 22.0 Å². The number of carboxylic acids is 1. The summed E-state index contributed by atoms with van der Waals surface area (Å²) in [4.78, 5) is 21.9. The number of carboxylic acid groups (broad SMARTS) is 1. The number of rotatable bonds is 8. The summed E-state index contributed by atoms with van der Waals surface area (Å²) in [5, 5.41) is 8.47. The summed E-state index contributed by atoms with van der Waals surface area (Å²) < 4.78 is 30.7. The third-order valence-electron chi connectivity index (χ3n) is 2.66. The van der Waals surface area contributed by atoms with E-state index in [0.717, 1.165) is 0 Å². The Bertz CT molecular complexity index is 611. The molecular formula is C13H17NO6S. The molecule has 0 saturated heterocycles. The first-order valence-electron chi connectivity index (χ1n) is 6.21. The molecule has 0 aliphatic rings. The Balaban J connectivity index is 2.71. The van der Waals surface area contributed by atoms with Crippen LogP contribution in [-0.2, 0) is 25.3 Å². The van der Waals surface area contributed by atoms with Gasteiger partial charge in [0.25, 0.3) is 0 Å². The van der Waals surface area contributed by atoms with Crippen LogP contribution in [0.25, 0.3) is 0 Å². The molecule has 2 N–H and O–H groups in total. The van der Waals surface area contributed by atoms with Crippen molar-refractivity contribution < 1.29 is 27.9 Å². The average molecular weight is 315 g/mol. The highest BCUT2D eigenvalue weighted by atomic mass is 32.2. The second kappa shape index (κ2) is 7.75. The lowest BCUT2D eigenvalue weighted by Crippen LogP contribution is -2.27. The molecule has 0 saturated carbocycles. The molecule has 1 aromatic rings. The van der Waals surface area contributed by atoms with Crippen LogP contribution in [-0.4, -0.2) is 39.1 Å². The number of methoxy groups -OCH3 is 1. The molecule has 7 nitrogen and oxygen atoms in total. The minimum absolute atomic E-state index is 0.0367. The van der Waals surface area contributed by atoms with Crippen molar-refractivity contribution in [2.45, 2.75) is 18.6 Å². The predicted molar refractivity (Wildman–Crippen MR) is 75.3 cm³/mol. The molecule has 116 valence electrons. The fourth-order valence-corrected chi connectivity index (χ4v) is 2.90. The summed E-state index contributed by atoms with van der Waals surface area (Å²) in [6.45, 7) is 0.0367. The maximum atomic E-state index is 11.9. The number of esters is 1. The van der Waals surface area contributed by atoms with E-state index in [4.69, 9.17) is 5.11 Å². The van der Waals surface area contributed by atoms with Gasteiger partial charge in [-0.1, -0.05) is 18.2 Å². The lowest BCUT2D eigenvalue weighted by molar-refractivity contribution is -0.137. The monoisotopic (exact) mass is 315 g/mol. The highest BCUT2D eigenvalue weighted by Crippen LogP contribution is 2.13. The van der Waals surface area contributed by atoms with Crippen molar-refractivity contribution in [1.82, 2.24) is 4.72 Å². The summed E-state index contributed by atoms with van der Waals surface area (Å²) >= 11 is 0. The highest BCUT2D eigenvalue weighted by Gasteiger charge is 2.17. The third-order valence-corrected chi connectivity index (χ3v) is 3.99. The van der Waals surface area contributed by atoms with Gasteiger partial charge in [0.1, 0.15) is 0 Å². The van der Waals surface area contributed by atoms with Gasteiger partial charge in [-0.3, -0.25) is 4.79 Å². The normalized spacial score (nSPS) is 11.1. The van der Waals surface area contributed by atoms with Gasteiger partial charge in [0, 0.05) is 13.0 Å². The summed E-state index contributed by atoms with van der Waals surface area (Å²) in [7, 11) is -2.43. The van der Waals surface area contributed by atoms with Crippen LogP contribution in [0.3, 0.4) is 0 Å². The van der Waals surface area contributed by atoms with Crippen molar-refractivity contribution >= 4 is 22.0 Å². The highest BCUT2D eigenvalue weighted by molar-refractivity contribution is 7.88. The molecule has 0 spiro atoms. The lowest BCUT2D eigenvalue weighted by Gasteiger charge is -2.09. The Hall–Kier alpha value is -1.93. The van der Waals surface area contributed by atoms with Crippen molar-refractivity contribution in [3.63, 3.8) is 0 Å². The van der Waals surface area contributed by atoms with Crippen molar-refractivity contribution in [2.75, 3.05) is 13.7 Å². The SMILES string of the molecule is COC(=O)c1ccccc1CS(=O)(=O)NCCCC(=O)O. The Morgan fingerprint density at radius 2 is 1.95 bits per heavy atom. The maximum Gasteiger partial charge on any atom is 0.338 e. The first-order chi connectivity index (χ1) is 9.85. The minimum atomic E-state index is -3.65. The molecule has 0 aromatic heterocycles. The smallest absolute Gasteiger partial charge is 0.338 e. The summed E-state index contributed by atoms with van der Waals surface area (Å²) in [5.41, 5.74) is 0.519. The molecule has 0 unspecified atom stereocenters. The molecule has 0 heterocycles. The topological polar surface area (TPSA) is 110 Å². The molecule has 0 radical (unpaired) electrons. The van der Waals surface area contributed by atoms with Gasteiger partial charge < -0.3 is 9.84 Å². The summed E-state index contributed by atoms with van der Waals surface area (Å²) in [6.07, 6.45) is 0.0917. The van der Waals surface area contributed by atoms with Gasteiger partial charge >= 0.3 is 11.9 Å². The van der Waals surface area contributed by atoms with Gasteiger partial charge in [-0.15, -0.1) is 0 Å². The molecule has 0 amide bonds. The Morgan fingerprint density at radius 3 is 2.57 bits per heavy atom. The van der Waals surface area contributed by atoms with Crippen molar-refractivity contribution in [3.8, 4) is 0 Å². The Labute approximate surface area is 123 Å². The zero-order valence-corrected chi connectivity index (χ0v) is 12.4. The molecule has 21 heavy (non-hydrogen) atoms. The number of aliphatic carboxylic acids is 1. The Morgan fingerprint density at radius 1 is 1.29 bits per heavy atom. The second-order valence-corrected chi connectivity index (χ2v) is 6.11. The van der Waals surface area contributed by atoms with Crippen molar-refractivity contribution in [3.05, 3.63) is 35.4 Å². The van der Waals surface area contributed by atoms with Crippen LogP contribution in [0.5, 0.6) is 0 Å². The van der Waals surface area contributed by atoms with E-state index >= 15 is 0 Å². The summed E-state index contributed by atoms with van der Waals surface area (Å²) in [5.74, 6) is -1.96. The summed E-state index contributed by atoms with van der Waals surface area (Å²) in [6, 6.07) is 6.26. The van der Waals surface area contributed by atoms with Crippen LogP contribution in [0.2, 0.25) is 0 Å². The molecule has 0 aliphatic carbocycles. The number of ether oxygens (including phenoxy) is 1. The van der Waals surface area contributed by atoms with Gasteiger partial charge in [0.2, 0.25) is 10.0 Å². The van der Waals surface area contributed by atoms with Gasteiger partial charge in [-0.2, -0.15) is 0 Å². The van der Waals surface area contributed by atoms with Gasteiger partial charge in [-0.25, -0.2) is 17.9 Å². The minimum Gasteiger partial charge on any atom is -0.481 e. The molecule has 0 atom stereocenters. The molecule has 0 bridgehead atoms. The maximum absolute atomic E-state index is 11.9. The van der Waals surface area contributed by atoms with Crippen LogP contribution in [0, 0.1) is 0 Å². The fourth-order valence-electron chi connectivity index (χ4n) is 1.68. The predicted octanol–water partition coefficient (Wildman–Crippen LogP) is 0.757. The van der Waals surface area contributed by atoms with E-state index in [1.807, 2.05) is 0 Å². The van der Waals surface area contributed by atoms with Crippen LogP contribution in [0.4, 0.5) is 0 Å². The quantitative estimate of drug-likeness (QED) is 0.541. The van der Waals surface area contributed by atoms with Gasteiger partial charge in [0.15, 0.2) is 0 Å².